The van der Waals surface area contributed by atoms with E-state index in [9.17, 15) is 13.2 Å². The predicted molar refractivity (Wildman–Crippen MR) is 74.5 cm³/mol. The van der Waals surface area contributed by atoms with Crippen LogP contribution < -0.4 is 5.32 Å². The van der Waals surface area contributed by atoms with Gasteiger partial charge in [0.2, 0.25) is 0 Å². The Kier molecular flexibility index (Phi) is 4.01. The number of nitrogens with zero attached hydrogens (tertiary/aromatic N) is 2. The molecule has 6 nitrogen and oxygen atoms in total. The first kappa shape index (κ1) is 14.4. The van der Waals surface area contributed by atoms with E-state index in [0.717, 1.165) is 6.26 Å². The lowest BCUT2D eigenvalue weighted by Gasteiger charge is -2.05. The highest BCUT2D eigenvalue weighted by molar-refractivity contribution is 7.90. The number of carbonyl (C=O) groups is 1. The van der Waals surface area contributed by atoms with Crippen molar-refractivity contribution in [2.45, 2.75) is 5.03 Å². The third-order valence-corrected chi connectivity index (χ3v) is 3.53. The van der Waals surface area contributed by atoms with Crippen LogP contribution in [0.5, 0.6) is 0 Å². The summed E-state index contributed by atoms with van der Waals surface area (Å²) < 4.78 is 22.5. The number of pyridine rings is 2. The minimum atomic E-state index is -3.36. The Morgan fingerprint density at radius 1 is 1.25 bits per heavy atom. The number of aromatic nitrogens is 2. The second-order valence-electron chi connectivity index (χ2n) is 3.96. The minimum Gasteiger partial charge on any atom is -0.319 e. The number of carbonyl (C=O) groups excluding carboxylic acids is 1. The fraction of sp³-hybridized carbons (Fsp3) is 0.0833. The van der Waals surface area contributed by atoms with Crippen LogP contribution in [-0.4, -0.2) is 30.5 Å². The molecule has 8 heteroatoms. The minimum absolute atomic E-state index is 0.0589. The molecule has 0 aliphatic heterocycles. The second kappa shape index (κ2) is 5.56. The van der Waals surface area contributed by atoms with Crippen molar-refractivity contribution < 1.29 is 13.2 Å². The smallest absolute Gasteiger partial charge is 0.274 e. The van der Waals surface area contributed by atoms with E-state index in [4.69, 9.17) is 11.6 Å². The summed E-state index contributed by atoms with van der Waals surface area (Å²) in [6, 6.07) is 7.44. The maximum atomic E-state index is 11.9. The van der Waals surface area contributed by atoms with Gasteiger partial charge in [-0.25, -0.2) is 18.4 Å². The summed E-state index contributed by atoms with van der Waals surface area (Å²) >= 11 is 5.69. The SMILES string of the molecule is CS(=O)(=O)c1ccc(NC(=O)c2cccc(Cl)n2)cn1. The lowest BCUT2D eigenvalue weighted by molar-refractivity contribution is 0.102. The van der Waals surface area contributed by atoms with Crippen LogP contribution in [0.15, 0.2) is 41.6 Å². The largest absolute Gasteiger partial charge is 0.319 e. The normalized spacial score (nSPS) is 11.1. The molecule has 0 atom stereocenters. The van der Waals surface area contributed by atoms with E-state index in [1.165, 1.54) is 24.4 Å². The molecule has 0 unspecified atom stereocenters. The van der Waals surface area contributed by atoms with Crippen molar-refractivity contribution in [3.05, 3.63) is 47.4 Å². The summed E-state index contributed by atoms with van der Waals surface area (Å²) in [6.45, 7) is 0. The molecule has 2 aromatic rings. The molecule has 104 valence electrons. The van der Waals surface area contributed by atoms with Crippen molar-refractivity contribution in [1.82, 2.24) is 9.97 Å². The van der Waals surface area contributed by atoms with Crippen LogP contribution in [0.2, 0.25) is 5.15 Å². The topological polar surface area (TPSA) is 89.0 Å². The monoisotopic (exact) mass is 311 g/mol. The van der Waals surface area contributed by atoms with Crippen LogP contribution in [0, 0.1) is 0 Å². The van der Waals surface area contributed by atoms with Gasteiger partial charge in [-0.05, 0) is 24.3 Å². The highest BCUT2D eigenvalue weighted by Crippen LogP contribution is 2.12. The van der Waals surface area contributed by atoms with E-state index < -0.39 is 15.7 Å². The Hall–Kier alpha value is -1.99. The van der Waals surface area contributed by atoms with Gasteiger partial charge in [-0.1, -0.05) is 17.7 Å². The first-order valence-electron chi connectivity index (χ1n) is 5.46. The summed E-state index contributed by atoms with van der Waals surface area (Å²) in [7, 11) is -3.36. The molecule has 0 fully saturated rings. The zero-order chi connectivity index (χ0) is 14.8. The molecular formula is C12H10ClN3O3S. The van der Waals surface area contributed by atoms with E-state index in [-0.39, 0.29) is 15.9 Å². The summed E-state index contributed by atoms with van der Waals surface area (Å²) in [5.74, 6) is -0.457. The number of halogens is 1. The van der Waals surface area contributed by atoms with Gasteiger partial charge in [-0.2, -0.15) is 0 Å². The quantitative estimate of drug-likeness (QED) is 0.873. The number of amides is 1. The lowest BCUT2D eigenvalue weighted by atomic mass is 10.3. The number of nitrogens with one attached hydrogen (secondary N) is 1. The van der Waals surface area contributed by atoms with Gasteiger partial charge in [-0.3, -0.25) is 4.79 Å². The average molecular weight is 312 g/mol. The van der Waals surface area contributed by atoms with Crippen LogP contribution in [-0.2, 0) is 9.84 Å². The summed E-state index contributed by atoms with van der Waals surface area (Å²) in [6.07, 6.45) is 2.32. The number of anilines is 1. The molecule has 0 aromatic carbocycles. The molecule has 2 rings (SSSR count). The number of sulfone groups is 1. The second-order valence-corrected chi connectivity index (χ2v) is 6.31. The molecule has 2 aromatic heterocycles. The van der Waals surface area contributed by atoms with Gasteiger partial charge < -0.3 is 5.32 Å². The number of hydrogen-bond donors (Lipinski definition) is 1. The van der Waals surface area contributed by atoms with E-state index in [1.807, 2.05) is 0 Å². The van der Waals surface area contributed by atoms with Crippen molar-refractivity contribution in [2.24, 2.45) is 0 Å². The molecular weight excluding hydrogens is 302 g/mol. The third kappa shape index (κ3) is 3.52. The molecule has 0 saturated heterocycles. The molecule has 1 N–H and O–H groups in total. The van der Waals surface area contributed by atoms with Gasteiger partial charge in [0.25, 0.3) is 5.91 Å². The van der Waals surface area contributed by atoms with E-state index in [1.54, 1.807) is 12.1 Å². The fourth-order valence-electron chi connectivity index (χ4n) is 1.40. The summed E-state index contributed by atoms with van der Waals surface area (Å²) in [5.41, 5.74) is 0.522. The molecule has 0 bridgehead atoms. The average Bonchev–Trinajstić information content (AvgIpc) is 2.38. The Balaban J connectivity index is 2.16. The van der Waals surface area contributed by atoms with E-state index in [2.05, 4.69) is 15.3 Å². The maximum absolute atomic E-state index is 11.9. The molecule has 0 radical (unpaired) electrons. The van der Waals surface area contributed by atoms with Crippen molar-refractivity contribution in [2.75, 3.05) is 11.6 Å². The van der Waals surface area contributed by atoms with Crippen LogP contribution in [0.25, 0.3) is 0 Å². The molecule has 0 spiro atoms. The predicted octanol–water partition coefficient (Wildman–Crippen LogP) is 1.79. The van der Waals surface area contributed by atoms with Crippen molar-refractivity contribution >= 4 is 33.0 Å². The highest BCUT2D eigenvalue weighted by atomic mass is 35.5. The van der Waals surface area contributed by atoms with E-state index in [0.29, 0.717) is 5.69 Å². The lowest BCUT2D eigenvalue weighted by Crippen LogP contribution is -2.14. The van der Waals surface area contributed by atoms with Crippen LogP contribution in [0.4, 0.5) is 5.69 Å². The Morgan fingerprint density at radius 2 is 2.00 bits per heavy atom. The highest BCUT2D eigenvalue weighted by Gasteiger charge is 2.11. The summed E-state index contributed by atoms with van der Waals surface area (Å²) in [4.78, 5) is 19.5. The Labute approximate surface area is 120 Å². The van der Waals surface area contributed by atoms with Gasteiger partial charge >= 0.3 is 0 Å². The number of rotatable bonds is 3. The van der Waals surface area contributed by atoms with Crippen LogP contribution in [0.3, 0.4) is 0 Å². The zero-order valence-corrected chi connectivity index (χ0v) is 11.9. The molecule has 20 heavy (non-hydrogen) atoms. The molecule has 0 saturated carbocycles. The maximum Gasteiger partial charge on any atom is 0.274 e. The van der Waals surface area contributed by atoms with Gasteiger partial charge in [0, 0.05) is 6.26 Å². The van der Waals surface area contributed by atoms with Crippen molar-refractivity contribution in [1.29, 1.82) is 0 Å². The third-order valence-electron chi connectivity index (χ3n) is 2.32. The Bertz CT molecular complexity index is 745. The molecule has 0 aliphatic carbocycles. The van der Waals surface area contributed by atoms with Gasteiger partial charge in [0.1, 0.15) is 10.8 Å². The molecule has 1 amide bonds. The van der Waals surface area contributed by atoms with E-state index >= 15 is 0 Å². The zero-order valence-electron chi connectivity index (χ0n) is 10.4. The Morgan fingerprint density at radius 3 is 2.55 bits per heavy atom. The van der Waals surface area contributed by atoms with Crippen LogP contribution in [0.1, 0.15) is 10.5 Å². The molecule has 2 heterocycles. The number of hydrogen-bond acceptors (Lipinski definition) is 5. The van der Waals surface area contributed by atoms with Crippen molar-refractivity contribution in [3.63, 3.8) is 0 Å². The first-order chi connectivity index (χ1) is 9.36. The summed E-state index contributed by atoms with van der Waals surface area (Å²) in [5, 5.41) is 2.70. The van der Waals surface area contributed by atoms with Gasteiger partial charge in [0.05, 0.1) is 11.9 Å². The van der Waals surface area contributed by atoms with Gasteiger partial charge in [0.15, 0.2) is 14.9 Å². The standard InChI is InChI=1S/C12H10ClN3O3S/c1-20(18,19)11-6-5-8(7-14-11)15-12(17)9-3-2-4-10(13)16-9/h2-7H,1H3,(H,15,17). The van der Waals surface area contributed by atoms with Crippen molar-refractivity contribution in [3.8, 4) is 0 Å². The fourth-order valence-corrected chi connectivity index (χ4v) is 2.13. The molecule has 0 aliphatic rings. The van der Waals surface area contributed by atoms with Gasteiger partial charge in [-0.15, -0.1) is 0 Å². The first-order valence-corrected chi connectivity index (χ1v) is 7.73. The van der Waals surface area contributed by atoms with Crippen LogP contribution >= 0.6 is 11.6 Å².